The van der Waals surface area contributed by atoms with Crippen molar-refractivity contribution in [3.05, 3.63) is 33.8 Å². The number of carbonyl (C=O) groups is 2. The first-order valence-corrected chi connectivity index (χ1v) is 11.1. The van der Waals surface area contributed by atoms with Crippen LogP contribution in [-0.2, 0) is 16.0 Å². The molecule has 1 aromatic rings. The molecular weight excluding hydrogens is 413 g/mol. The number of benzene rings is 1. The van der Waals surface area contributed by atoms with E-state index in [1.54, 1.807) is 11.0 Å². The number of aryl methyl sites for hydroxylation is 1. The summed E-state index contributed by atoms with van der Waals surface area (Å²) in [6.45, 7) is 4.58. The molecule has 0 bridgehead atoms. The summed E-state index contributed by atoms with van der Waals surface area (Å²) in [5.41, 5.74) is 1.05. The highest BCUT2D eigenvalue weighted by molar-refractivity contribution is 6.42. The van der Waals surface area contributed by atoms with E-state index in [1.165, 1.54) is 12.8 Å². The Labute approximate surface area is 182 Å². The normalized spacial score (nSPS) is 22.4. The molecule has 2 N–H and O–H groups in total. The monoisotopic (exact) mass is 441 g/mol. The number of rotatable bonds is 9. The zero-order valence-electron chi connectivity index (χ0n) is 16.6. The Balaban J connectivity index is 1.38. The molecule has 2 aliphatic rings. The van der Waals surface area contributed by atoms with Crippen molar-refractivity contribution in [3.8, 4) is 0 Å². The van der Waals surface area contributed by atoms with Gasteiger partial charge in [-0.25, -0.2) is 0 Å². The molecular formula is C21H29Cl2N3O3. The fourth-order valence-corrected chi connectivity index (χ4v) is 4.36. The average Bonchev–Trinajstić information content (AvgIpc) is 3.31. The number of carbonyl (C=O) groups excluding carboxylic acids is 2. The third kappa shape index (κ3) is 6.07. The van der Waals surface area contributed by atoms with Crippen LogP contribution in [-0.4, -0.2) is 72.1 Å². The molecule has 2 heterocycles. The smallest absolute Gasteiger partial charge is 0.252 e. The maximum Gasteiger partial charge on any atom is 0.252 e. The highest BCUT2D eigenvalue weighted by Crippen LogP contribution is 2.23. The fourth-order valence-electron chi connectivity index (χ4n) is 4.04. The van der Waals surface area contributed by atoms with Crippen LogP contribution in [0, 0.1) is 5.92 Å². The third-order valence-electron chi connectivity index (χ3n) is 5.73. The summed E-state index contributed by atoms with van der Waals surface area (Å²) in [5, 5.41) is 14.1. The number of hydrogen-bond acceptors (Lipinski definition) is 4. The van der Waals surface area contributed by atoms with Crippen molar-refractivity contribution in [1.82, 2.24) is 15.1 Å². The van der Waals surface area contributed by atoms with Crippen LogP contribution in [0.5, 0.6) is 0 Å². The number of aliphatic hydroxyl groups is 1. The molecule has 160 valence electrons. The van der Waals surface area contributed by atoms with Crippen LogP contribution in [0.25, 0.3) is 0 Å². The molecule has 0 radical (unpaired) electrons. The van der Waals surface area contributed by atoms with Gasteiger partial charge in [0.2, 0.25) is 5.91 Å². The zero-order valence-corrected chi connectivity index (χ0v) is 18.1. The molecule has 0 spiro atoms. The van der Waals surface area contributed by atoms with Gasteiger partial charge in [0.05, 0.1) is 16.0 Å². The van der Waals surface area contributed by atoms with Gasteiger partial charge in [-0.15, -0.1) is 0 Å². The molecule has 2 fully saturated rings. The first-order chi connectivity index (χ1) is 14.0. The van der Waals surface area contributed by atoms with E-state index in [0.29, 0.717) is 29.7 Å². The van der Waals surface area contributed by atoms with Gasteiger partial charge >= 0.3 is 0 Å². The number of amides is 2. The van der Waals surface area contributed by atoms with Crippen molar-refractivity contribution in [2.75, 3.05) is 39.3 Å². The number of aliphatic hydroxyl groups excluding tert-OH is 1. The largest absolute Gasteiger partial charge is 0.382 e. The molecule has 0 aliphatic carbocycles. The molecule has 2 atom stereocenters. The zero-order chi connectivity index (χ0) is 20.8. The Kier molecular flexibility index (Phi) is 8.18. The van der Waals surface area contributed by atoms with Gasteiger partial charge in [-0.1, -0.05) is 29.3 Å². The second-order valence-electron chi connectivity index (χ2n) is 7.88. The van der Waals surface area contributed by atoms with Crippen molar-refractivity contribution in [1.29, 1.82) is 0 Å². The predicted octanol–water partition coefficient (Wildman–Crippen LogP) is 2.35. The first kappa shape index (κ1) is 22.3. The van der Waals surface area contributed by atoms with Crippen LogP contribution in [0.2, 0.25) is 10.0 Å². The minimum Gasteiger partial charge on any atom is -0.382 e. The molecule has 2 saturated heterocycles. The Hall–Kier alpha value is -1.34. The molecule has 29 heavy (non-hydrogen) atoms. The van der Waals surface area contributed by atoms with Gasteiger partial charge in [0.1, 0.15) is 6.10 Å². The van der Waals surface area contributed by atoms with E-state index in [1.807, 2.05) is 12.1 Å². The van der Waals surface area contributed by atoms with Gasteiger partial charge in [-0.3, -0.25) is 9.59 Å². The first-order valence-electron chi connectivity index (χ1n) is 10.4. The Morgan fingerprint density at radius 1 is 1.14 bits per heavy atom. The summed E-state index contributed by atoms with van der Waals surface area (Å²) in [5.74, 6) is -1.29. The van der Waals surface area contributed by atoms with Crippen LogP contribution in [0.3, 0.4) is 0 Å². The average molecular weight is 442 g/mol. The Morgan fingerprint density at radius 3 is 2.62 bits per heavy atom. The van der Waals surface area contributed by atoms with Gasteiger partial charge in [-0.2, -0.15) is 0 Å². The van der Waals surface area contributed by atoms with Crippen molar-refractivity contribution in [2.45, 2.75) is 38.2 Å². The van der Waals surface area contributed by atoms with E-state index in [9.17, 15) is 14.7 Å². The van der Waals surface area contributed by atoms with E-state index in [0.717, 1.165) is 44.5 Å². The second-order valence-corrected chi connectivity index (χ2v) is 8.70. The predicted molar refractivity (Wildman–Crippen MR) is 114 cm³/mol. The molecule has 2 aliphatic heterocycles. The quantitative estimate of drug-likeness (QED) is 0.576. The lowest BCUT2D eigenvalue weighted by molar-refractivity contribution is -0.137. The number of nitrogens with one attached hydrogen (secondary N) is 1. The van der Waals surface area contributed by atoms with Crippen LogP contribution in [0.1, 0.15) is 31.2 Å². The number of nitrogens with zero attached hydrogens (tertiary/aromatic N) is 2. The highest BCUT2D eigenvalue weighted by atomic mass is 35.5. The maximum atomic E-state index is 12.4. The van der Waals surface area contributed by atoms with Crippen molar-refractivity contribution in [3.63, 3.8) is 0 Å². The molecule has 8 heteroatoms. The third-order valence-corrected chi connectivity index (χ3v) is 6.47. The van der Waals surface area contributed by atoms with E-state index in [2.05, 4.69) is 10.2 Å². The van der Waals surface area contributed by atoms with Crippen LogP contribution in [0.15, 0.2) is 18.2 Å². The molecule has 0 aromatic heterocycles. The lowest BCUT2D eigenvalue weighted by Gasteiger charge is -2.19. The van der Waals surface area contributed by atoms with Crippen LogP contribution in [0.4, 0.5) is 0 Å². The van der Waals surface area contributed by atoms with Crippen molar-refractivity contribution in [2.24, 2.45) is 5.92 Å². The topological polar surface area (TPSA) is 72.9 Å². The highest BCUT2D eigenvalue weighted by Gasteiger charge is 2.42. The summed E-state index contributed by atoms with van der Waals surface area (Å²) < 4.78 is 0. The summed E-state index contributed by atoms with van der Waals surface area (Å²) in [7, 11) is 0. The van der Waals surface area contributed by atoms with Gasteiger partial charge < -0.3 is 20.2 Å². The van der Waals surface area contributed by atoms with Gasteiger partial charge in [-0.05, 0) is 69.4 Å². The van der Waals surface area contributed by atoms with E-state index in [-0.39, 0.29) is 11.8 Å². The molecule has 2 unspecified atom stereocenters. The second kappa shape index (κ2) is 10.6. The number of hydrogen-bond donors (Lipinski definition) is 2. The summed E-state index contributed by atoms with van der Waals surface area (Å²) in [6, 6.07) is 5.50. The summed E-state index contributed by atoms with van der Waals surface area (Å²) >= 11 is 11.9. The van der Waals surface area contributed by atoms with Crippen LogP contribution < -0.4 is 5.32 Å². The standard InChI is InChI=1S/C21H29Cl2N3O3/c22-17-7-6-15(13-18(17)23)5-3-8-24-20(28)16-14-26(21(29)19(16)27)12-4-11-25-9-1-2-10-25/h6-7,13,16,19,27H,1-5,8-12,14H2,(H,24,28). The minimum absolute atomic E-state index is 0.262. The summed E-state index contributed by atoms with van der Waals surface area (Å²) in [4.78, 5) is 28.7. The van der Waals surface area contributed by atoms with Crippen molar-refractivity contribution >= 4 is 35.0 Å². The van der Waals surface area contributed by atoms with Crippen molar-refractivity contribution < 1.29 is 14.7 Å². The fraction of sp³-hybridized carbons (Fsp3) is 0.619. The van der Waals surface area contributed by atoms with Gasteiger partial charge in [0.25, 0.3) is 5.91 Å². The lowest BCUT2D eigenvalue weighted by Crippen LogP contribution is -2.38. The van der Waals surface area contributed by atoms with Gasteiger partial charge in [0.15, 0.2) is 0 Å². The number of halogens is 2. The molecule has 3 rings (SSSR count). The molecule has 6 nitrogen and oxygen atoms in total. The molecule has 2 amide bonds. The van der Waals surface area contributed by atoms with Crippen LogP contribution >= 0.6 is 23.2 Å². The minimum atomic E-state index is -1.24. The van der Waals surface area contributed by atoms with Gasteiger partial charge in [0, 0.05) is 19.6 Å². The van der Waals surface area contributed by atoms with E-state index < -0.39 is 12.0 Å². The lowest BCUT2D eigenvalue weighted by atomic mass is 10.1. The van der Waals surface area contributed by atoms with E-state index >= 15 is 0 Å². The molecule has 1 aromatic carbocycles. The number of likely N-dealkylation sites (tertiary alicyclic amines) is 2. The maximum absolute atomic E-state index is 12.4. The SMILES string of the molecule is O=C(NCCCc1ccc(Cl)c(Cl)c1)C1CN(CCCN2CCCC2)C(=O)C1O. The van der Waals surface area contributed by atoms with E-state index in [4.69, 9.17) is 23.2 Å². The Bertz CT molecular complexity index is 725. The Morgan fingerprint density at radius 2 is 1.90 bits per heavy atom. The molecule has 0 saturated carbocycles. The summed E-state index contributed by atoms with van der Waals surface area (Å²) in [6.07, 6.45) is 3.61.